The van der Waals surface area contributed by atoms with Crippen LogP contribution in [-0.4, -0.2) is 37.6 Å². The number of anilines is 1. The molecule has 1 aliphatic heterocycles. The van der Waals surface area contributed by atoms with Crippen molar-refractivity contribution in [3.05, 3.63) is 47.8 Å². The van der Waals surface area contributed by atoms with Crippen molar-refractivity contribution in [3.63, 3.8) is 0 Å². The van der Waals surface area contributed by atoms with Gasteiger partial charge in [-0.1, -0.05) is 6.08 Å². The number of ketones is 1. The number of amides is 1. The fourth-order valence-electron chi connectivity index (χ4n) is 4.16. The number of benzene rings is 1. The Balaban J connectivity index is 1.56. The second-order valence-corrected chi connectivity index (χ2v) is 8.44. The highest BCUT2D eigenvalue weighted by Gasteiger charge is 2.29. The van der Waals surface area contributed by atoms with Crippen LogP contribution in [0.1, 0.15) is 58.8 Å². The maximum absolute atomic E-state index is 13.2. The number of aromatic nitrogens is 4. The lowest BCUT2D eigenvalue weighted by molar-refractivity contribution is 0.100. The predicted octanol–water partition coefficient (Wildman–Crippen LogP) is 3.92. The van der Waals surface area contributed by atoms with Crippen molar-refractivity contribution >= 4 is 28.7 Å². The number of rotatable bonds is 7. The molecule has 1 saturated carbocycles. The van der Waals surface area contributed by atoms with Gasteiger partial charge in [0.25, 0.3) is 5.91 Å². The van der Waals surface area contributed by atoms with Gasteiger partial charge < -0.3 is 4.74 Å². The van der Waals surface area contributed by atoms with Gasteiger partial charge in [0, 0.05) is 12.1 Å². The summed E-state index contributed by atoms with van der Waals surface area (Å²) in [7, 11) is 0. The normalized spacial score (nSPS) is 17.4. The summed E-state index contributed by atoms with van der Waals surface area (Å²) in [6, 6.07) is 5.24. The van der Waals surface area contributed by atoms with Crippen molar-refractivity contribution in [1.82, 2.24) is 19.3 Å². The standard InChI is InChI=1S/C23H25N5O3/c1-4-5-17-12-31-20-10-16(14(3)29)9-18-21(20)28(17)23(24-18)25-22(30)19-8-13(2)26-27(19)11-15-6-7-15/h4,8-10,15,17H,1,5-7,11-12H2,2-3H3,(H,24,25,30)/t17-/m0/s1. The number of nitrogens with one attached hydrogen (secondary N) is 1. The molecule has 2 aliphatic rings. The van der Waals surface area contributed by atoms with E-state index < -0.39 is 0 Å². The minimum atomic E-state index is -0.245. The summed E-state index contributed by atoms with van der Waals surface area (Å²) < 4.78 is 9.73. The van der Waals surface area contributed by atoms with Crippen molar-refractivity contribution in [2.45, 2.75) is 45.7 Å². The lowest BCUT2D eigenvalue weighted by Gasteiger charge is -2.26. The van der Waals surface area contributed by atoms with E-state index in [-0.39, 0.29) is 17.7 Å². The molecular formula is C23H25N5O3. The Labute approximate surface area is 179 Å². The SMILES string of the molecule is C=CC[C@H]1COc2cc(C(C)=O)cc3nc(NC(=O)c4cc(C)nn4CC4CC4)n1c23. The molecule has 0 saturated heterocycles. The third kappa shape index (κ3) is 3.52. The molecule has 160 valence electrons. The highest BCUT2D eigenvalue weighted by atomic mass is 16.5. The molecule has 0 spiro atoms. The molecule has 1 N–H and O–H groups in total. The first-order valence-electron chi connectivity index (χ1n) is 10.6. The quantitative estimate of drug-likeness (QED) is 0.463. The number of carbonyl (C=O) groups excluding carboxylic acids is 2. The molecule has 3 heterocycles. The number of ether oxygens (including phenoxy) is 1. The summed E-state index contributed by atoms with van der Waals surface area (Å²) in [6.07, 6.45) is 4.86. The second-order valence-electron chi connectivity index (χ2n) is 8.44. The zero-order chi connectivity index (χ0) is 21.7. The summed E-state index contributed by atoms with van der Waals surface area (Å²) in [6.45, 7) is 8.42. The molecule has 8 heteroatoms. The first kappa shape index (κ1) is 19.5. The summed E-state index contributed by atoms with van der Waals surface area (Å²) in [4.78, 5) is 29.8. The van der Waals surface area contributed by atoms with E-state index >= 15 is 0 Å². The fraction of sp³-hybridized carbons (Fsp3) is 0.391. The lowest BCUT2D eigenvalue weighted by Crippen LogP contribution is -2.26. The number of allylic oxidation sites excluding steroid dienone is 1. The Hall–Kier alpha value is -3.42. The van der Waals surface area contributed by atoms with Gasteiger partial charge in [-0.25, -0.2) is 4.98 Å². The van der Waals surface area contributed by atoms with E-state index in [1.54, 1.807) is 22.9 Å². The first-order chi connectivity index (χ1) is 14.9. The van der Waals surface area contributed by atoms with Crippen LogP contribution < -0.4 is 10.1 Å². The lowest BCUT2D eigenvalue weighted by atomic mass is 10.1. The highest BCUT2D eigenvalue weighted by Crippen LogP contribution is 2.38. The van der Waals surface area contributed by atoms with Crippen LogP contribution in [0.2, 0.25) is 0 Å². The van der Waals surface area contributed by atoms with E-state index in [4.69, 9.17) is 4.74 Å². The van der Waals surface area contributed by atoms with Gasteiger partial charge in [-0.3, -0.25) is 24.2 Å². The van der Waals surface area contributed by atoms with Gasteiger partial charge in [0.05, 0.1) is 17.3 Å². The Bertz CT molecular complexity index is 1220. The zero-order valence-electron chi connectivity index (χ0n) is 17.7. The van der Waals surface area contributed by atoms with Crippen LogP contribution in [0, 0.1) is 12.8 Å². The number of hydrogen-bond donors (Lipinski definition) is 1. The van der Waals surface area contributed by atoms with Crippen molar-refractivity contribution < 1.29 is 14.3 Å². The molecule has 31 heavy (non-hydrogen) atoms. The van der Waals surface area contributed by atoms with Crippen LogP contribution >= 0.6 is 0 Å². The number of nitrogens with zero attached hydrogens (tertiary/aromatic N) is 4. The summed E-state index contributed by atoms with van der Waals surface area (Å²) in [5.74, 6) is 1.34. The maximum atomic E-state index is 13.2. The third-order valence-electron chi connectivity index (χ3n) is 5.88. The van der Waals surface area contributed by atoms with Crippen molar-refractivity contribution in [1.29, 1.82) is 0 Å². The van der Waals surface area contributed by atoms with Crippen LogP contribution in [0.15, 0.2) is 30.9 Å². The van der Waals surface area contributed by atoms with Crippen LogP contribution in [0.3, 0.4) is 0 Å². The van der Waals surface area contributed by atoms with Crippen LogP contribution in [0.25, 0.3) is 11.0 Å². The van der Waals surface area contributed by atoms with Crippen molar-refractivity contribution in [2.24, 2.45) is 5.92 Å². The van der Waals surface area contributed by atoms with E-state index in [0.717, 1.165) is 17.8 Å². The molecular weight excluding hydrogens is 394 g/mol. The van der Waals surface area contributed by atoms with Gasteiger partial charge in [-0.15, -0.1) is 6.58 Å². The van der Waals surface area contributed by atoms with E-state index in [1.165, 1.54) is 19.8 Å². The molecule has 1 atom stereocenters. The number of carbonyl (C=O) groups is 2. The summed E-state index contributed by atoms with van der Waals surface area (Å²) >= 11 is 0. The Kier molecular flexibility index (Phi) is 4.64. The molecule has 8 nitrogen and oxygen atoms in total. The zero-order valence-corrected chi connectivity index (χ0v) is 17.7. The van der Waals surface area contributed by atoms with E-state index in [9.17, 15) is 9.59 Å². The smallest absolute Gasteiger partial charge is 0.276 e. The molecule has 0 radical (unpaired) electrons. The Morgan fingerprint density at radius 3 is 2.84 bits per heavy atom. The minimum absolute atomic E-state index is 0.0495. The van der Waals surface area contributed by atoms with Crippen LogP contribution in [-0.2, 0) is 6.54 Å². The number of aryl methyl sites for hydroxylation is 1. The van der Waals surface area contributed by atoms with Gasteiger partial charge in [0.1, 0.15) is 23.6 Å². The van der Waals surface area contributed by atoms with Gasteiger partial charge in [0.2, 0.25) is 5.95 Å². The molecule has 2 aromatic heterocycles. The number of imidazole rings is 1. The van der Waals surface area contributed by atoms with Crippen LogP contribution in [0.4, 0.5) is 5.95 Å². The third-order valence-corrected chi connectivity index (χ3v) is 5.88. The first-order valence-corrected chi connectivity index (χ1v) is 10.6. The molecule has 1 amide bonds. The Morgan fingerprint density at radius 2 is 2.13 bits per heavy atom. The monoisotopic (exact) mass is 419 g/mol. The fourth-order valence-corrected chi connectivity index (χ4v) is 4.16. The van der Waals surface area contributed by atoms with Gasteiger partial charge >= 0.3 is 0 Å². The highest BCUT2D eigenvalue weighted by molar-refractivity contribution is 6.04. The number of Topliss-reactive ketones (excluding diaryl/α,β-unsaturated/α-hetero) is 1. The molecule has 1 aliphatic carbocycles. The average molecular weight is 419 g/mol. The average Bonchev–Trinajstić information content (AvgIpc) is 3.36. The van der Waals surface area contributed by atoms with Gasteiger partial charge in [-0.05, 0) is 57.2 Å². The largest absolute Gasteiger partial charge is 0.489 e. The number of hydrogen-bond acceptors (Lipinski definition) is 5. The molecule has 1 aromatic carbocycles. The molecule has 0 unspecified atom stereocenters. The van der Waals surface area contributed by atoms with Gasteiger partial charge in [-0.2, -0.15) is 5.10 Å². The summed E-state index contributed by atoms with van der Waals surface area (Å²) in [5, 5.41) is 7.49. The summed E-state index contributed by atoms with van der Waals surface area (Å²) in [5.41, 5.74) is 3.27. The van der Waals surface area contributed by atoms with Crippen molar-refractivity contribution in [2.75, 3.05) is 11.9 Å². The van der Waals surface area contributed by atoms with E-state index in [0.29, 0.717) is 47.4 Å². The van der Waals surface area contributed by atoms with Crippen molar-refractivity contribution in [3.8, 4) is 5.75 Å². The second kappa shape index (κ2) is 7.37. The molecule has 0 bridgehead atoms. The maximum Gasteiger partial charge on any atom is 0.276 e. The minimum Gasteiger partial charge on any atom is -0.489 e. The van der Waals surface area contributed by atoms with E-state index in [2.05, 4.69) is 22.0 Å². The molecule has 5 rings (SSSR count). The Morgan fingerprint density at radius 1 is 1.32 bits per heavy atom. The molecule has 1 fully saturated rings. The topological polar surface area (TPSA) is 91.0 Å². The predicted molar refractivity (Wildman–Crippen MR) is 117 cm³/mol. The van der Waals surface area contributed by atoms with Crippen LogP contribution in [0.5, 0.6) is 5.75 Å². The van der Waals surface area contributed by atoms with E-state index in [1.807, 2.05) is 17.6 Å². The molecule has 3 aromatic rings. The van der Waals surface area contributed by atoms with Gasteiger partial charge in [0.15, 0.2) is 5.78 Å².